The number of hydrogen-bond acceptors (Lipinski definition) is 1. The molecule has 28 heavy (non-hydrogen) atoms. The Balaban J connectivity index is 1.97. The quantitative estimate of drug-likeness (QED) is 0.309. The van der Waals surface area contributed by atoms with Crippen molar-refractivity contribution in [2.45, 2.75) is 19.8 Å². The minimum atomic E-state index is -1.22. The van der Waals surface area contributed by atoms with Crippen molar-refractivity contribution in [3.63, 3.8) is 0 Å². The van der Waals surface area contributed by atoms with Crippen LogP contribution in [-0.4, -0.2) is 6.61 Å². The molecule has 0 aliphatic rings. The summed E-state index contributed by atoms with van der Waals surface area (Å²) in [6.07, 6.45) is 3.43. The molecule has 0 unspecified atom stereocenters. The molecule has 0 atom stereocenters. The molecule has 0 heterocycles. The Morgan fingerprint density at radius 2 is 1.75 bits per heavy atom. The number of aryl methyl sites for hydroxylation is 1. The Bertz CT molecular complexity index is 1020. The fourth-order valence-corrected chi connectivity index (χ4v) is 3.04. The van der Waals surface area contributed by atoms with Crippen LogP contribution in [0.3, 0.4) is 0 Å². The summed E-state index contributed by atoms with van der Waals surface area (Å²) in [5.41, 5.74) is 0.675. The van der Waals surface area contributed by atoms with Crippen molar-refractivity contribution < 1.29 is 17.9 Å². The maximum absolute atomic E-state index is 14.9. The van der Waals surface area contributed by atoms with Crippen LogP contribution >= 0.6 is 0 Å². The lowest BCUT2D eigenvalue weighted by Gasteiger charge is -2.09. The first-order valence-electron chi connectivity index (χ1n) is 9.16. The SMILES string of the molecule is C=CCCc1ccc2c(F)c(C(F)=C(F)c3ccc(OCC)cc3)ccc2c1. The molecular formula is C24H21F3O. The molecule has 0 saturated heterocycles. The Kier molecular flexibility index (Phi) is 6.19. The van der Waals surface area contributed by atoms with E-state index in [4.69, 9.17) is 4.74 Å². The lowest BCUT2D eigenvalue weighted by molar-refractivity contribution is 0.340. The van der Waals surface area contributed by atoms with Crippen molar-refractivity contribution in [1.29, 1.82) is 0 Å². The molecule has 3 aromatic carbocycles. The van der Waals surface area contributed by atoms with E-state index in [0.717, 1.165) is 18.4 Å². The van der Waals surface area contributed by atoms with Gasteiger partial charge in [0.15, 0.2) is 11.7 Å². The van der Waals surface area contributed by atoms with E-state index in [2.05, 4.69) is 6.58 Å². The van der Waals surface area contributed by atoms with Gasteiger partial charge in [0, 0.05) is 16.5 Å². The van der Waals surface area contributed by atoms with Gasteiger partial charge in [0.1, 0.15) is 11.6 Å². The molecule has 0 aromatic heterocycles. The fourth-order valence-electron chi connectivity index (χ4n) is 3.04. The van der Waals surface area contributed by atoms with E-state index >= 15 is 0 Å². The normalized spacial score (nSPS) is 12.0. The van der Waals surface area contributed by atoms with Crippen LogP contribution in [0, 0.1) is 5.82 Å². The maximum atomic E-state index is 14.9. The highest BCUT2D eigenvalue weighted by atomic mass is 19.2. The van der Waals surface area contributed by atoms with Crippen LogP contribution in [0.15, 0.2) is 67.3 Å². The maximum Gasteiger partial charge on any atom is 0.169 e. The highest BCUT2D eigenvalue weighted by Gasteiger charge is 2.17. The molecule has 0 spiro atoms. The largest absolute Gasteiger partial charge is 0.494 e. The Morgan fingerprint density at radius 1 is 1.00 bits per heavy atom. The van der Waals surface area contributed by atoms with E-state index in [0.29, 0.717) is 17.7 Å². The van der Waals surface area contributed by atoms with Gasteiger partial charge < -0.3 is 4.74 Å². The van der Waals surface area contributed by atoms with Gasteiger partial charge >= 0.3 is 0 Å². The molecule has 0 radical (unpaired) electrons. The number of benzene rings is 3. The van der Waals surface area contributed by atoms with Gasteiger partial charge in [0.2, 0.25) is 0 Å². The second kappa shape index (κ2) is 8.79. The van der Waals surface area contributed by atoms with Crippen LogP contribution < -0.4 is 4.74 Å². The molecule has 4 heteroatoms. The Labute approximate surface area is 162 Å². The molecule has 0 amide bonds. The average molecular weight is 382 g/mol. The van der Waals surface area contributed by atoms with Crippen LogP contribution in [0.5, 0.6) is 5.75 Å². The summed E-state index contributed by atoms with van der Waals surface area (Å²) in [4.78, 5) is 0. The molecule has 0 aliphatic carbocycles. The van der Waals surface area contributed by atoms with Gasteiger partial charge in [-0.05, 0) is 61.0 Å². The van der Waals surface area contributed by atoms with Crippen molar-refractivity contribution in [3.05, 3.63) is 89.8 Å². The second-order valence-corrected chi connectivity index (χ2v) is 6.40. The molecule has 0 aliphatic heterocycles. The highest BCUT2D eigenvalue weighted by molar-refractivity contribution is 5.91. The summed E-state index contributed by atoms with van der Waals surface area (Å²) in [5.74, 6) is -2.54. The van der Waals surface area contributed by atoms with Crippen molar-refractivity contribution in [2.24, 2.45) is 0 Å². The fraction of sp³-hybridized carbons (Fsp3) is 0.167. The highest BCUT2D eigenvalue weighted by Crippen LogP contribution is 2.34. The van der Waals surface area contributed by atoms with Crippen molar-refractivity contribution in [2.75, 3.05) is 6.61 Å². The molecule has 0 N–H and O–H groups in total. The van der Waals surface area contributed by atoms with Crippen molar-refractivity contribution in [1.82, 2.24) is 0 Å². The monoisotopic (exact) mass is 382 g/mol. The summed E-state index contributed by atoms with van der Waals surface area (Å²) < 4.78 is 49.5. The van der Waals surface area contributed by atoms with E-state index in [1.54, 1.807) is 30.3 Å². The third kappa shape index (κ3) is 4.11. The number of hydrogen-bond donors (Lipinski definition) is 0. The van der Waals surface area contributed by atoms with Gasteiger partial charge in [-0.15, -0.1) is 6.58 Å². The van der Waals surface area contributed by atoms with E-state index in [1.165, 1.54) is 18.2 Å². The standard InChI is InChI=1S/C24H21F3O/c1-3-5-6-16-7-13-20-18(15-16)10-14-21(23(20)26)24(27)22(25)17-8-11-19(12-9-17)28-4-2/h3,7-15H,1,4-6H2,2H3. The van der Waals surface area contributed by atoms with Gasteiger partial charge in [0.05, 0.1) is 6.61 Å². The minimum absolute atomic E-state index is 0.0280. The lowest BCUT2D eigenvalue weighted by atomic mass is 10.00. The molecule has 0 bridgehead atoms. The van der Waals surface area contributed by atoms with Crippen LogP contribution in [0.25, 0.3) is 22.4 Å². The van der Waals surface area contributed by atoms with E-state index in [-0.39, 0.29) is 10.9 Å². The number of rotatable bonds is 7. The molecular weight excluding hydrogens is 361 g/mol. The Hall–Kier alpha value is -3.01. The van der Waals surface area contributed by atoms with Crippen LogP contribution in [-0.2, 0) is 6.42 Å². The average Bonchev–Trinajstić information content (AvgIpc) is 2.72. The summed E-state index contributed by atoms with van der Waals surface area (Å²) in [6.45, 7) is 6.00. The van der Waals surface area contributed by atoms with Gasteiger partial charge in [-0.2, -0.15) is 0 Å². The zero-order valence-corrected chi connectivity index (χ0v) is 15.6. The summed E-state index contributed by atoms with van der Waals surface area (Å²) in [7, 11) is 0. The van der Waals surface area contributed by atoms with Crippen molar-refractivity contribution >= 4 is 22.4 Å². The zero-order valence-electron chi connectivity index (χ0n) is 15.6. The second-order valence-electron chi connectivity index (χ2n) is 6.40. The first kappa shape index (κ1) is 19.7. The summed E-state index contributed by atoms with van der Waals surface area (Å²) >= 11 is 0. The first-order valence-corrected chi connectivity index (χ1v) is 9.16. The van der Waals surface area contributed by atoms with Crippen LogP contribution in [0.1, 0.15) is 30.0 Å². The van der Waals surface area contributed by atoms with Gasteiger partial charge in [0.25, 0.3) is 0 Å². The van der Waals surface area contributed by atoms with Crippen LogP contribution in [0.2, 0.25) is 0 Å². The number of halogens is 3. The minimum Gasteiger partial charge on any atom is -0.494 e. The molecule has 3 aromatic rings. The number of fused-ring (bicyclic) bond motifs is 1. The predicted octanol–water partition coefficient (Wildman–Crippen LogP) is 7.26. The third-order valence-electron chi connectivity index (χ3n) is 4.50. The van der Waals surface area contributed by atoms with Gasteiger partial charge in [-0.3, -0.25) is 0 Å². The first-order chi connectivity index (χ1) is 13.5. The molecule has 0 saturated carbocycles. The zero-order chi connectivity index (χ0) is 20.1. The predicted molar refractivity (Wildman–Crippen MR) is 109 cm³/mol. The van der Waals surface area contributed by atoms with Crippen molar-refractivity contribution in [3.8, 4) is 5.75 Å². The van der Waals surface area contributed by atoms with E-state index < -0.39 is 23.0 Å². The van der Waals surface area contributed by atoms with Gasteiger partial charge in [-0.25, -0.2) is 13.2 Å². The molecule has 1 nitrogen and oxygen atoms in total. The molecule has 3 rings (SSSR count). The summed E-state index contributed by atoms with van der Waals surface area (Å²) in [5, 5.41) is 0.909. The number of ether oxygens (including phenoxy) is 1. The van der Waals surface area contributed by atoms with E-state index in [1.807, 2.05) is 19.1 Å². The number of allylic oxidation sites excluding steroid dienone is 1. The third-order valence-corrected chi connectivity index (χ3v) is 4.50. The van der Waals surface area contributed by atoms with Gasteiger partial charge in [-0.1, -0.05) is 30.3 Å². The molecule has 144 valence electrons. The lowest BCUT2D eigenvalue weighted by Crippen LogP contribution is -1.93. The topological polar surface area (TPSA) is 9.23 Å². The molecule has 0 fully saturated rings. The Morgan fingerprint density at radius 3 is 2.43 bits per heavy atom. The smallest absolute Gasteiger partial charge is 0.169 e. The van der Waals surface area contributed by atoms with Crippen LogP contribution in [0.4, 0.5) is 13.2 Å². The van der Waals surface area contributed by atoms with E-state index in [9.17, 15) is 13.2 Å². The summed E-state index contributed by atoms with van der Waals surface area (Å²) in [6, 6.07) is 14.1.